The van der Waals surface area contributed by atoms with Crippen LogP contribution < -0.4 is 0 Å². The number of carbonyl (C=O) groups excluding carboxylic acids is 1. The van der Waals surface area contributed by atoms with Crippen LogP contribution in [0.25, 0.3) is 0 Å². The van der Waals surface area contributed by atoms with Crippen molar-refractivity contribution in [2.75, 3.05) is 6.54 Å². The number of carboxylic acid groups (broad SMARTS) is 1. The highest BCUT2D eigenvalue weighted by molar-refractivity contribution is 6.08. The number of rotatable bonds is 3. The van der Waals surface area contributed by atoms with Crippen molar-refractivity contribution in [3.05, 3.63) is 35.9 Å². The molecule has 1 heterocycles. The van der Waals surface area contributed by atoms with Crippen molar-refractivity contribution in [3.63, 3.8) is 0 Å². The van der Waals surface area contributed by atoms with Crippen molar-refractivity contribution in [3.8, 4) is 0 Å². The Morgan fingerprint density at radius 1 is 1.44 bits per heavy atom. The van der Waals surface area contributed by atoms with Gasteiger partial charge in [0.25, 0.3) is 0 Å². The third kappa shape index (κ3) is 1.26. The van der Waals surface area contributed by atoms with Crippen LogP contribution in [-0.2, 0) is 16.1 Å². The first-order chi connectivity index (χ1) is 8.58. The number of carboxylic acids is 1. The fourth-order valence-electron chi connectivity index (χ4n) is 3.27. The van der Waals surface area contributed by atoms with E-state index in [1.807, 2.05) is 37.3 Å². The van der Waals surface area contributed by atoms with E-state index < -0.39 is 11.4 Å². The number of piperidine rings is 1. The number of hydrogen-bond donors (Lipinski definition) is 1. The molecule has 1 N–H and O–H groups in total. The summed E-state index contributed by atoms with van der Waals surface area (Å²) in [6, 6.07) is 9.67. The van der Waals surface area contributed by atoms with E-state index in [4.69, 9.17) is 0 Å². The Morgan fingerprint density at radius 3 is 2.67 bits per heavy atom. The summed E-state index contributed by atoms with van der Waals surface area (Å²) in [6.45, 7) is 2.94. The minimum atomic E-state index is -1.12. The van der Waals surface area contributed by atoms with Crippen LogP contribution in [0.3, 0.4) is 0 Å². The molecule has 94 valence electrons. The number of hydrogen-bond acceptors (Lipinski definition) is 2. The van der Waals surface area contributed by atoms with Gasteiger partial charge in [0.2, 0.25) is 5.91 Å². The topological polar surface area (TPSA) is 57.6 Å². The predicted octanol–water partition coefficient (Wildman–Crippen LogP) is 1.37. The van der Waals surface area contributed by atoms with Crippen molar-refractivity contribution >= 4 is 11.9 Å². The highest BCUT2D eigenvalue weighted by Gasteiger charge is 2.77. The first kappa shape index (κ1) is 11.3. The maximum atomic E-state index is 12.3. The van der Waals surface area contributed by atoms with Gasteiger partial charge in [0.15, 0.2) is 5.41 Å². The van der Waals surface area contributed by atoms with Gasteiger partial charge in [-0.15, -0.1) is 0 Å². The molecule has 1 aliphatic carbocycles. The summed E-state index contributed by atoms with van der Waals surface area (Å²) in [6.07, 6.45) is 0. The lowest BCUT2D eigenvalue weighted by Gasteiger charge is -2.21. The molecule has 1 saturated carbocycles. The van der Waals surface area contributed by atoms with E-state index in [0.717, 1.165) is 5.56 Å². The lowest BCUT2D eigenvalue weighted by molar-refractivity contribution is -0.152. The number of likely N-dealkylation sites (tertiary alicyclic amines) is 1. The van der Waals surface area contributed by atoms with Crippen LogP contribution in [0, 0.1) is 17.3 Å². The second kappa shape index (κ2) is 3.57. The monoisotopic (exact) mass is 245 g/mol. The zero-order chi connectivity index (χ0) is 12.9. The van der Waals surface area contributed by atoms with E-state index in [1.54, 1.807) is 4.90 Å². The molecule has 1 aromatic rings. The van der Waals surface area contributed by atoms with Crippen molar-refractivity contribution < 1.29 is 14.7 Å². The number of benzene rings is 1. The van der Waals surface area contributed by atoms with Crippen LogP contribution in [0.15, 0.2) is 30.3 Å². The minimum absolute atomic E-state index is 0.00814. The van der Waals surface area contributed by atoms with E-state index in [1.165, 1.54) is 0 Å². The Bertz CT molecular complexity index is 513. The molecule has 0 bridgehead atoms. The fourth-order valence-corrected chi connectivity index (χ4v) is 3.27. The van der Waals surface area contributed by atoms with Gasteiger partial charge in [0, 0.05) is 19.0 Å². The Kier molecular flexibility index (Phi) is 2.24. The average molecular weight is 245 g/mol. The zero-order valence-corrected chi connectivity index (χ0v) is 10.2. The molecule has 0 aromatic heterocycles. The maximum Gasteiger partial charge on any atom is 0.319 e. The Hall–Kier alpha value is -1.84. The van der Waals surface area contributed by atoms with Gasteiger partial charge in [-0.25, -0.2) is 0 Å². The maximum absolute atomic E-state index is 12.3. The molecule has 2 aliphatic rings. The molecule has 4 heteroatoms. The van der Waals surface area contributed by atoms with E-state index in [0.29, 0.717) is 13.1 Å². The highest BCUT2D eigenvalue weighted by atomic mass is 16.4. The van der Waals surface area contributed by atoms with Gasteiger partial charge < -0.3 is 10.0 Å². The molecular weight excluding hydrogens is 230 g/mol. The van der Waals surface area contributed by atoms with Crippen molar-refractivity contribution in [1.82, 2.24) is 4.90 Å². The third-order valence-corrected chi connectivity index (χ3v) is 4.43. The number of aliphatic carboxylic acids is 1. The molecule has 3 atom stereocenters. The van der Waals surface area contributed by atoms with Gasteiger partial charge in [-0.05, 0) is 11.5 Å². The van der Waals surface area contributed by atoms with Gasteiger partial charge in [0.1, 0.15) is 0 Å². The van der Waals surface area contributed by atoms with Gasteiger partial charge >= 0.3 is 5.97 Å². The Balaban J connectivity index is 1.80. The number of nitrogens with zero attached hydrogens (tertiary/aromatic N) is 1. The molecule has 1 amide bonds. The highest BCUT2D eigenvalue weighted by Crippen LogP contribution is 2.64. The molecule has 18 heavy (non-hydrogen) atoms. The molecule has 0 spiro atoms. The molecule has 3 rings (SSSR count). The second-order valence-corrected chi connectivity index (χ2v) is 5.24. The standard InChI is InChI=1S/C14H15NO3/c1-9-11-8-15(7-10-5-3-2-4-6-10)12(16)14(9,11)13(17)18/h2-6,9,11H,7-8H2,1H3,(H,17,18). The Morgan fingerprint density at radius 2 is 2.11 bits per heavy atom. The molecule has 1 aliphatic heterocycles. The summed E-state index contributed by atoms with van der Waals surface area (Å²) in [5, 5.41) is 9.29. The summed E-state index contributed by atoms with van der Waals surface area (Å²) in [5.41, 5.74) is -0.0743. The molecule has 1 aromatic carbocycles. The lowest BCUT2D eigenvalue weighted by atomic mass is 10.0. The minimum Gasteiger partial charge on any atom is -0.480 e. The number of carbonyl (C=O) groups is 2. The number of fused-ring (bicyclic) bond motifs is 1. The van der Waals surface area contributed by atoms with Gasteiger partial charge in [-0.3, -0.25) is 9.59 Å². The van der Waals surface area contributed by atoms with Crippen LogP contribution in [0.2, 0.25) is 0 Å². The van der Waals surface area contributed by atoms with Crippen LogP contribution in [0.1, 0.15) is 12.5 Å². The summed E-state index contributed by atoms with van der Waals surface area (Å²) in [4.78, 5) is 25.3. The molecule has 3 unspecified atom stereocenters. The fraction of sp³-hybridized carbons (Fsp3) is 0.429. The van der Waals surface area contributed by atoms with Gasteiger partial charge in [0.05, 0.1) is 0 Å². The third-order valence-electron chi connectivity index (χ3n) is 4.43. The summed E-state index contributed by atoms with van der Waals surface area (Å²) in [5.74, 6) is -1.20. The Labute approximate surface area is 105 Å². The van der Waals surface area contributed by atoms with Crippen LogP contribution in [0.4, 0.5) is 0 Å². The van der Waals surface area contributed by atoms with E-state index in [9.17, 15) is 14.7 Å². The number of amides is 1. The summed E-state index contributed by atoms with van der Waals surface area (Å²) in [7, 11) is 0. The zero-order valence-electron chi connectivity index (χ0n) is 10.2. The molecule has 2 fully saturated rings. The lowest BCUT2D eigenvalue weighted by Crippen LogP contribution is -2.36. The molecular formula is C14H15NO3. The SMILES string of the molecule is CC1C2CN(Cc3ccccc3)C(=O)C12C(=O)O. The predicted molar refractivity (Wildman–Crippen MR) is 64.6 cm³/mol. The van der Waals surface area contributed by atoms with Crippen LogP contribution in [-0.4, -0.2) is 28.4 Å². The van der Waals surface area contributed by atoms with Crippen molar-refractivity contribution in [2.45, 2.75) is 13.5 Å². The van der Waals surface area contributed by atoms with Crippen molar-refractivity contribution in [2.24, 2.45) is 17.3 Å². The van der Waals surface area contributed by atoms with E-state index in [2.05, 4.69) is 0 Å². The van der Waals surface area contributed by atoms with Crippen LogP contribution >= 0.6 is 0 Å². The second-order valence-electron chi connectivity index (χ2n) is 5.24. The largest absolute Gasteiger partial charge is 0.480 e. The molecule has 1 saturated heterocycles. The van der Waals surface area contributed by atoms with Crippen LogP contribution in [0.5, 0.6) is 0 Å². The molecule has 0 radical (unpaired) electrons. The van der Waals surface area contributed by atoms with E-state index in [-0.39, 0.29) is 17.7 Å². The summed E-state index contributed by atoms with van der Waals surface area (Å²) >= 11 is 0. The first-order valence-corrected chi connectivity index (χ1v) is 6.15. The van der Waals surface area contributed by atoms with Crippen molar-refractivity contribution in [1.29, 1.82) is 0 Å². The average Bonchev–Trinajstić information content (AvgIpc) is 2.82. The smallest absolute Gasteiger partial charge is 0.319 e. The normalized spacial score (nSPS) is 33.4. The summed E-state index contributed by atoms with van der Waals surface area (Å²) < 4.78 is 0. The van der Waals surface area contributed by atoms with Gasteiger partial charge in [-0.1, -0.05) is 37.3 Å². The quantitative estimate of drug-likeness (QED) is 0.818. The van der Waals surface area contributed by atoms with Gasteiger partial charge in [-0.2, -0.15) is 0 Å². The van der Waals surface area contributed by atoms with E-state index >= 15 is 0 Å². The molecule has 4 nitrogen and oxygen atoms in total. The first-order valence-electron chi connectivity index (χ1n) is 6.15.